The first-order valence-corrected chi connectivity index (χ1v) is 6.29. The van der Waals surface area contributed by atoms with Gasteiger partial charge in [0.15, 0.2) is 0 Å². The molecule has 4 heteroatoms. The van der Waals surface area contributed by atoms with E-state index in [0.29, 0.717) is 11.4 Å². The predicted molar refractivity (Wildman–Crippen MR) is 67.7 cm³/mol. The SMILES string of the molecule is Cc1cnc(NC(=O)[C@H]2CCCC(C)(C)C2)[nH]1. The first-order chi connectivity index (χ1) is 7.96. The standard InChI is InChI=1S/C13H21N3O/c1-9-8-14-12(15-9)16-11(17)10-5-4-6-13(2,3)7-10/h8,10H,4-7H2,1-3H3,(H2,14,15,16,17)/t10-/m0/s1. The van der Waals surface area contributed by atoms with Crippen LogP contribution in [0.4, 0.5) is 5.95 Å². The summed E-state index contributed by atoms with van der Waals surface area (Å²) in [6, 6.07) is 0. The molecule has 1 aromatic heterocycles. The average molecular weight is 235 g/mol. The van der Waals surface area contributed by atoms with E-state index >= 15 is 0 Å². The summed E-state index contributed by atoms with van der Waals surface area (Å²) >= 11 is 0. The second kappa shape index (κ2) is 4.51. The molecule has 0 saturated heterocycles. The van der Waals surface area contributed by atoms with Crippen LogP contribution in [0.2, 0.25) is 0 Å². The van der Waals surface area contributed by atoms with Crippen LogP contribution in [0, 0.1) is 18.3 Å². The highest BCUT2D eigenvalue weighted by atomic mass is 16.2. The summed E-state index contributed by atoms with van der Waals surface area (Å²) in [7, 11) is 0. The Morgan fingerprint density at radius 1 is 1.59 bits per heavy atom. The second-order valence-electron chi connectivity index (χ2n) is 5.86. The first-order valence-electron chi connectivity index (χ1n) is 6.29. The Balaban J connectivity index is 1.96. The van der Waals surface area contributed by atoms with Crippen LogP contribution in [-0.4, -0.2) is 15.9 Å². The fourth-order valence-corrected chi connectivity index (χ4v) is 2.62. The molecule has 1 saturated carbocycles. The maximum absolute atomic E-state index is 12.1. The number of carbonyl (C=O) groups is 1. The molecule has 0 unspecified atom stereocenters. The van der Waals surface area contributed by atoms with Crippen molar-refractivity contribution in [3.8, 4) is 0 Å². The number of nitrogens with zero attached hydrogens (tertiary/aromatic N) is 1. The Labute approximate surface area is 102 Å². The van der Waals surface area contributed by atoms with Gasteiger partial charge in [-0.3, -0.25) is 10.1 Å². The molecular formula is C13H21N3O. The lowest BCUT2D eigenvalue weighted by Gasteiger charge is -2.34. The van der Waals surface area contributed by atoms with Gasteiger partial charge in [0.25, 0.3) is 0 Å². The van der Waals surface area contributed by atoms with Crippen molar-refractivity contribution < 1.29 is 4.79 Å². The van der Waals surface area contributed by atoms with Crippen molar-refractivity contribution in [3.63, 3.8) is 0 Å². The van der Waals surface area contributed by atoms with E-state index in [4.69, 9.17) is 0 Å². The van der Waals surface area contributed by atoms with Crippen LogP contribution in [0.15, 0.2) is 6.20 Å². The minimum atomic E-state index is 0.104. The Hall–Kier alpha value is -1.32. The fraction of sp³-hybridized carbons (Fsp3) is 0.692. The molecule has 1 aromatic rings. The van der Waals surface area contributed by atoms with Gasteiger partial charge in [-0.05, 0) is 31.6 Å². The lowest BCUT2D eigenvalue weighted by Crippen LogP contribution is -2.31. The van der Waals surface area contributed by atoms with Gasteiger partial charge in [-0.15, -0.1) is 0 Å². The maximum Gasteiger partial charge on any atom is 0.229 e. The van der Waals surface area contributed by atoms with Gasteiger partial charge in [0, 0.05) is 17.8 Å². The minimum Gasteiger partial charge on any atom is -0.328 e. The van der Waals surface area contributed by atoms with Crippen LogP contribution in [0.5, 0.6) is 0 Å². The Morgan fingerprint density at radius 3 is 2.94 bits per heavy atom. The lowest BCUT2D eigenvalue weighted by atomic mass is 9.72. The molecular weight excluding hydrogens is 214 g/mol. The Bertz CT molecular complexity index is 409. The highest BCUT2D eigenvalue weighted by Crippen LogP contribution is 2.38. The number of hydrogen-bond acceptors (Lipinski definition) is 2. The summed E-state index contributed by atoms with van der Waals surface area (Å²) in [6.07, 6.45) is 6.05. The highest BCUT2D eigenvalue weighted by Gasteiger charge is 2.32. The number of anilines is 1. The quantitative estimate of drug-likeness (QED) is 0.828. The zero-order valence-corrected chi connectivity index (χ0v) is 10.8. The molecule has 1 aliphatic carbocycles. The van der Waals surface area contributed by atoms with Crippen molar-refractivity contribution in [2.24, 2.45) is 11.3 Å². The third kappa shape index (κ3) is 3.08. The van der Waals surface area contributed by atoms with Crippen molar-refractivity contribution in [2.45, 2.75) is 46.5 Å². The van der Waals surface area contributed by atoms with Crippen molar-refractivity contribution >= 4 is 11.9 Å². The van der Waals surface area contributed by atoms with E-state index in [1.54, 1.807) is 6.20 Å². The van der Waals surface area contributed by atoms with Gasteiger partial charge in [-0.2, -0.15) is 0 Å². The number of aromatic nitrogens is 2. The van der Waals surface area contributed by atoms with Crippen LogP contribution in [-0.2, 0) is 4.79 Å². The topological polar surface area (TPSA) is 57.8 Å². The molecule has 0 spiro atoms. The molecule has 1 atom stereocenters. The largest absolute Gasteiger partial charge is 0.328 e. The van der Waals surface area contributed by atoms with E-state index < -0.39 is 0 Å². The molecule has 94 valence electrons. The molecule has 0 aliphatic heterocycles. The van der Waals surface area contributed by atoms with Gasteiger partial charge in [-0.25, -0.2) is 4.98 Å². The number of aryl methyl sites for hydroxylation is 1. The van der Waals surface area contributed by atoms with Gasteiger partial charge in [0.2, 0.25) is 11.9 Å². The molecule has 17 heavy (non-hydrogen) atoms. The van der Waals surface area contributed by atoms with E-state index in [1.807, 2.05) is 6.92 Å². The average Bonchev–Trinajstić information content (AvgIpc) is 2.62. The zero-order valence-electron chi connectivity index (χ0n) is 10.8. The molecule has 1 heterocycles. The summed E-state index contributed by atoms with van der Waals surface area (Å²) in [5.41, 5.74) is 1.25. The van der Waals surface area contributed by atoms with Crippen LogP contribution in [0.25, 0.3) is 0 Å². The number of aromatic amines is 1. The van der Waals surface area contributed by atoms with Crippen molar-refractivity contribution in [2.75, 3.05) is 5.32 Å². The normalized spacial score (nSPS) is 23.4. The number of nitrogens with one attached hydrogen (secondary N) is 2. The van der Waals surface area contributed by atoms with Crippen molar-refractivity contribution in [3.05, 3.63) is 11.9 Å². The van der Waals surface area contributed by atoms with Crippen molar-refractivity contribution in [1.82, 2.24) is 9.97 Å². The van der Waals surface area contributed by atoms with Gasteiger partial charge >= 0.3 is 0 Å². The molecule has 0 radical (unpaired) electrons. The number of carbonyl (C=O) groups excluding carboxylic acids is 1. The number of imidazole rings is 1. The summed E-state index contributed by atoms with van der Waals surface area (Å²) in [6.45, 7) is 6.40. The molecule has 0 bridgehead atoms. The predicted octanol–water partition coefficient (Wildman–Crippen LogP) is 2.87. The van der Waals surface area contributed by atoms with Crippen LogP contribution < -0.4 is 5.32 Å². The molecule has 2 rings (SSSR count). The van der Waals surface area contributed by atoms with Gasteiger partial charge < -0.3 is 4.98 Å². The van der Waals surface area contributed by atoms with E-state index in [1.165, 1.54) is 6.42 Å². The zero-order chi connectivity index (χ0) is 12.5. The van der Waals surface area contributed by atoms with Crippen LogP contribution >= 0.6 is 0 Å². The fourth-order valence-electron chi connectivity index (χ4n) is 2.62. The Morgan fingerprint density at radius 2 is 2.35 bits per heavy atom. The van der Waals surface area contributed by atoms with Gasteiger partial charge in [-0.1, -0.05) is 20.3 Å². The van der Waals surface area contributed by atoms with Gasteiger partial charge in [0.1, 0.15) is 0 Å². The highest BCUT2D eigenvalue weighted by molar-refractivity contribution is 5.91. The smallest absolute Gasteiger partial charge is 0.229 e. The number of rotatable bonds is 2. The molecule has 0 aromatic carbocycles. The maximum atomic E-state index is 12.1. The van der Waals surface area contributed by atoms with E-state index in [-0.39, 0.29) is 11.8 Å². The molecule has 2 N–H and O–H groups in total. The molecule has 1 fully saturated rings. The molecule has 1 amide bonds. The number of hydrogen-bond donors (Lipinski definition) is 2. The number of amides is 1. The third-order valence-corrected chi connectivity index (χ3v) is 3.52. The van der Waals surface area contributed by atoms with Crippen molar-refractivity contribution in [1.29, 1.82) is 0 Å². The van der Waals surface area contributed by atoms with Crippen LogP contribution in [0.1, 0.15) is 45.2 Å². The Kier molecular flexibility index (Phi) is 3.22. The molecule has 1 aliphatic rings. The summed E-state index contributed by atoms with van der Waals surface area (Å²) in [5.74, 6) is 0.798. The summed E-state index contributed by atoms with van der Waals surface area (Å²) in [5, 5.41) is 2.86. The number of H-pyrrole nitrogens is 1. The van der Waals surface area contributed by atoms with E-state index in [0.717, 1.165) is 25.0 Å². The summed E-state index contributed by atoms with van der Waals surface area (Å²) in [4.78, 5) is 19.2. The second-order valence-corrected chi connectivity index (χ2v) is 5.86. The first kappa shape index (κ1) is 12.1. The van der Waals surface area contributed by atoms with Gasteiger partial charge in [0.05, 0.1) is 0 Å². The monoisotopic (exact) mass is 235 g/mol. The minimum absolute atomic E-state index is 0.104. The van der Waals surface area contributed by atoms with E-state index in [9.17, 15) is 4.79 Å². The third-order valence-electron chi connectivity index (χ3n) is 3.52. The van der Waals surface area contributed by atoms with Crippen LogP contribution in [0.3, 0.4) is 0 Å². The molecule has 4 nitrogen and oxygen atoms in total. The van der Waals surface area contributed by atoms with E-state index in [2.05, 4.69) is 29.1 Å². The summed E-state index contributed by atoms with van der Waals surface area (Å²) < 4.78 is 0. The lowest BCUT2D eigenvalue weighted by molar-refractivity contribution is -0.122.